The van der Waals surface area contributed by atoms with Gasteiger partial charge in [-0.05, 0) is 49.2 Å². The van der Waals surface area contributed by atoms with E-state index in [9.17, 15) is 4.39 Å². The first-order valence-corrected chi connectivity index (χ1v) is 7.25. The summed E-state index contributed by atoms with van der Waals surface area (Å²) in [6.07, 6.45) is 0.977. The molecule has 0 aliphatic rings. The Bertz CT molecular complexity index is 566. The maximum Gasteiger partial charge on any atom is 0.123 e. The smallest absolute Gasteiger partial charge is 0.123 e. The van der Waals surface area contributed by atoms with Gasteiger partial charge in [0.1, 0.15) is 5.82 Å². The predicted molar refractivity (Wildman–Crippen MR) is 83.7 cm³/mol. The summed E-state index contributed by atoms with van der Waals surface area (Å²) in [5, 5.41) is 3.96. The van der Waals surface area contributed by atoms with Crippen LogP contribution in [0.4, 0.5) is 4.39 Å². The molecule has 0 fully saturated rings. The lowest BCUT2D eigenvalue weighted by Crippen LogP contribution is -2.27. The first-order valence-electron chi connectivity index (χ1n) is 6.88. The molecule has 1 atom stereocenters. The number of likely N-dealkylation sites (N-methyl/N-ethyl adjacent to an activating group) is 1. The van der Waals surface area contributed by atoms with Crippen molar-refractivity contribution in [1.29, 1.82) is 0 Å². The van der Waals surface area contributed by atoms with Gasteiger partial charge in [0.2, 0.25) is 0 Å². The zero-order chi connectivity index (χ0) is 14.5. The average Bonchev–Trinajstić information content (AvgIpc) is 2.43. The number of halogens is 2. The van der Waals surface area contributed by atoms with Crippen LogP contribution in [0.25, 0.3) is 11.1 Å². The van der Waals surface area contributed by atoms with Gasteiger partial charge in [-0.2, -0.15) is 0 Å². The second-order valence-electron chi connectivity index (χ2n) is 4.98. The second-order valence-corrected chi connectivity index (χ2v) is 5.39. The van der Waals surface area contributed by atoms with E-state index in [0.717, 1.165) is 24.1 Å². The first-order chi connectivity index (χ1) is 9.60. The van der Waals surface area contributed by atoms with Gasteiger partial charge in [0.05, 0.1) is 0 Å². The van der Waals surface area contributed by atoms with E-state index in [-0.39, 0.29) is 5.82 Å². The zero-order valence-corrected chi connectivity index (χ0v) is 12.5. The van der Waals surface area contributed by atoms with Crippen LogP contribution in [0.2, 0.25) is 5.02 Å². The highest BCUT2D eigenvalue weighted by Crippen LogP contribution is 2.28. The van der Waals surface area contributed by atoms with E-state index in [1.165, 1.54) is 17.7 Å². The Balaban J connectivity index is 2.17. The largest absolute Gasteiger partial charge is 0.314 e. The molecule has 0 radical (unpaired) electrons. The summed E-state index contributed by atoms with van der Waals surface area (Å²) in [6.45, 7) is 5.24. The molecule has 3 heteroatoms. The van der Waals surface area contributed by atoms with Crippen LogP contribution in [-0.4, -0.2) is 12.6 Å². The fourth-order valence-electron chi connectivity index (χ4n) is 2.31. The summed E-state index contributed by atoms with van der Waals surface area (Å²) in [4.78, 5) is 0. The van der Waals surface area contributed by atoms with Crippen molar-refractivity contribution in [3.8, 4) is 11.1 Å². The Morgan fingerprint density at radius 3 is 2.50 bits per heavy atom. The van der Waals surface area contributed by atoms with Crippen LogP contribution < -0.4 is 5.32 Å². The minimum Gasteiger partial charge on any atom is -0.314 e. The number of hydrogen-bond donors (Lipinski definition) is 1. The Kier molecular flexibility index (Phi) is 5.16. The van der Waals surface area contributed by atoms with Crippen LogP contribution in [0.3, 0.4) is 0 Å². The summed E-state index contributed by atoms with van der Waals surface area (Å²) < 4.78 is 13.3. The molecule has 1 unspecified atom stereocenters. The van der Waals surface area contributed by atoms with Crippen molar-refractivity contribution in [2.45, 2.75) is 26.3 Å². The van der Waals surface area contributed by atoms with E-state index in [2.05, 4.69) is 31.3 Å². The average molecular weight is 292 g/mol. The van der Waals surface area contributed by atoms with E-state index in [4.69, 9.17) is 11.6 Å². The second kappa shape index (κ2) is 6.87. The van der Waals surface area contributed by atoms with Gasteiger partial charge in [-0.1, -0.05) is 42.8 Å². The van der Waals surface area contributed by atoms with Gasteiger partial charge in [-0.3, -0.25) is 0 Å². The fraction of sp³-hybridized carbons (Fsp3) is 0.294. The molecule has 2 aromatic rings. The van der Waals surface area contributed by atoms with E-state index in [1.807, 2.05) is 12.1 Å². The van der Waals surface area contributed by atoms with E-state index in [0.29, 0.717) is 11.1 Å². The van der Waals surface area contributed by atoms with Gasteiger partial charge in [0.15, 0.2) is 0 Å². The molecule has 0 heterocycles. The third kappa shape index (κ3) is 3.81. The van der Waals surface area contributed by atoms with E-state index < -0.39 is 0 Å². The van der Waals surface area contributed by atoms with Gasteiger partial charge < -0.3 is 5.32 Å². The van der Waals surface area contributed by atoms with Gasteiger partial charge in [0.25, 0.3) is 0 Å². The van der Waals surface area contributed by atoms with Crippen LogP contribution in [0.15, 0.2) is 42.5 Å². The lowest BCUT2D eigenvalue weighted by atomic mass is 10.0. The molecule has 0 aromatic heterocycles. The summed E-state index contributed by atoms with van der Waals surface area (Å²) in [5.74, 6) is -0.269. The van der Waals surface area contributed by atoms with Gasteiger partial charge in [0, 0.05) is 16.6 Å². The molecule has 0 amide bonds. The lowest BCUT2D eigenvalue weighted by Gasteiger charge is -2.12. The number of rotatable bonds is 5. The summed E-state index contributed by atoms with van der Waals surface area (Å²) >= 11 is 6.12. The maximum atomic E-state index is 13.3. The topological polar surface area (TPSA) is 12.0 Å². The Labute approximate surface area is 124 Å². The van der Waals surface area contributed by atoms with E-state index in [1.54, 1.807) is 6.07 Å². The van der Waals surface area contributed by atoms with Gasteiger partial charge >= 0.3 is 0 Å². The van der Waals surface area contributed by atoms with Crippen LogP contribution in [0.1, 0.15) is 19.4 Å². The van der Waals surface area contributed by atoms with Crippen molar-refractivity contribution in [2.24, 2.45) is 0 Å². The highest BCUT2D eigenvalue weighted by atomic mass is 35.5. The predicted octanol–water partition coefficient (Wildman–Crippen LogP) is 4.69. The third-order valence-electron chi connectivity index (χ3n) is 3.29. The maximum absolute atomic E-state index is 13.3. The minimum absolute atomic E-state index is 0.269. The monoisotopic (exact) mass is 291 g/mol. The van der Waals surface area contributed by atoms with E-state index >= 15 is 0 Å². The summed E-state index contributed by atoms with van der Waals surface area (Å²) in [7, 11) is 0. The van der Waals surface area contributed by atoms with Crippen molar-refractivity contribution in [1.82, 2.24) is 5.32 Å². The molecule has 0 spiro atoms. The third-order valence-corrected chi connectivity index (χ3v) is 3.62. The van der Waals surface area contributed by atoms with Crippen LogP contribution in [0, 0.1) is 5.82 Å². The molecule has 0 aliphatic carbocycles. The molecule has 0 aliphatic heterocycles. The Morgan fingerprint density at radius 2 is 1.85 bits per heavy atom. The van der Waals surface area contributed by atoms with Crippen LogP contribution >= 0.6 is 11.6 Å². The number of benzene rings is 2. The number of nitrogens with one attached hydrogen (secondary N) is 1. The lowest BCUT2D eigenvalue weighted by molar-refractivity contribution is 0.565. The van der Waals surface area contributed by atoms with Crippen molar-refractivity contribution < 1.29 is 4.39 Å². The van der Waals surface area contributed by atoms with Crippen molar-refractivity contribution in [3.63, 3.8) is 0 Å². The first kappa shape index (κ1) is 15.0. The minimum atomic E-state index is -0.269. The molecule has 0 saturated heterocycles. The SMILES string of the molecule is CCNC(C)Cc1ccc(-c2cc(F)ccc2Cl)cc1. The highest BCUT2D eigenvalue weighted by Gasteiger charge is 2.06. The van der Waals surface area contributed by atoms with Crippen molar-refractivity contribution >= 4 is 11.6 Å². The quantitative estimate of drug-likeness (QED) is 0.843. The van der Waals surface area contributed by atoms with Gasteiger partial charge in [-0.15, -0.1) is 0 Å². The summed E-state index contributed by atoms with van der Waals surface area (Å²) in [5.41, 5.74) is 2.93. The number of hydrogen-bond acceptors (Lipinski definition) is 1. The standard InChI is InChI=1S/C17H19ClFN/c1-3-20-12(2)10-13-4-6-14(7-5-13)16-11-15(19)8-9-17(16)18/h4-9,11-12,20H,3,10H2,1-2H3. The molecular weight excluding hydrogens is 273 g/mol. The summed E-state index contributed by atoms with van der Waals surface area (Å²) in [6, 6.07) is 13.0. The fourth-order valence-corrected chi connectivity index (χ4v) is 2.54. The molecule has 106 valence electrons. The molecule has 2 rings (SSSR count). The normalized spacial score (nSPS) is 12.4. The molecule has 2 aromatic carbocycles. The molecule has 20 heavy (non-hydrogen) atoms. The van der Waals surface area contributed by atoms with Crippen LogP contribution in [0.5, 0.6) is 0 Å². The van der Waals surface area contributed by atoms with Crippen molar-refractivity contribution in [3.05, 3.63) is 58.9 Å². The highest BCUT2D eigenvalue weighted by molar-refractivity contribution is 6.33. The Hall–Kier alpha value is -1.38. The Morgan fingerprint density at radius 1 is 1.15 bits per heavy atom. The molecular formula is C17H19ClFN. The molecule has 1 N–H and O–H groups in total. The van der Waals surface area contributed by atoms with Gasteiger partial charge in [-0.25, -0.2) is 4.39 Å². The van der Waals surface area contributed by atoms with Crippen LogP contribution in [-0.2, 0) is 6.42 Å². The zero-order valence-electron chi connectivity index (χ0n) is 11.8. The van der Waals surface area contributed by atoms with Crippen molar-refractivity contribution in [2.75, 3.05) is 6.54 Å². The molecule has 1 nitrogen and oxygen atoms in total. The molecule has 0 bridgehead atoms. The molecule has 0 saturated carbocycles.